The van der Waals surface area contributed by atoms with Gasteiger partial charge in [0.2, 0.25) is 0 Å². The summed E-state index contributed by atoms with van der Waals surface area (Å²) in [5.41, 5.74) is -0.832. The van der Waals surface area contributed by atoms with Crippen molar-refractivity contribution < 1.29 is 4.39 Å². The lowest BCUT2D eigenvalue weighted by Gasteiger charge is -2.13. The highest BCUT2D eigenvalue weighted by Gasteiger charge is 2.15. The van der Waals surface area contributed by atoms with E-state index >= 15 is 0 Å². The standard InChI is InChI=1S/C11H14ClFS/c1-3-8(2)11(13)14-10-6-4-9(12)5-7-10/h4-8,11H,3H2,1-2H3. The van der Waals surface area contributed by atoms with E-state index in [0.29, 0.717) is 5.02 Å². The molecule has 3 heteroatoms. The van der Waals surface area contributed by atoms with Crippen LogP contribution in [0.5, 0.6) is 0 Å². The molecule has 0 aliphatic heterocycles. The van der Waals surface area contributed by atoms with Crippen molar-refractivity contribution in [1.82, 2.24) is 0 Å². The minimum Gasteiger partial charge on any atom is -0.235 e. The zero-order chi connectivity index (χ0) is 10.6. The highest BCUT2D eigenvalue weighted by Crippen LogP contribution is 2.30. The van der Waals surface area contributed by atoms with E-state index in [4.69, 9.17) is 11.6 Å². The smallest absolute Gasteiger partial charge is 0.152 e. The van der Waals surface area contributed by atoms with E-state index in [9.17, 15) is 4.39 Å². The first-order valence-electron chi connectivity index (χ1n) is 4.69. The predicted molar refractivity (Wildman–Crippen MR) is 61.7 cm³/mol. The lowest BCUT2D eigenvalue weighted by Crippen LogP contribution is -2.06. The fourth-order valence-corrected chi connectivity index (χ4v) is 2.05. The number of thioether (sulfide) groups is 1. The molecule has 0 aliphatic carbocycles. The van der Waals surface area contributed by atoms with E-state index in [1.54, 1.807) is 12.1 Å². The van der Waals surface area contributed by atoms with Gasteiger partial charge in [-0.15, -0.1) is 0 Å². The lowest BCUT2D eigenvalue weighted by atomic mass is 10.1. The second-order valence-corrected chi connectivity index (χ2v) is 4.90. The second-order valence-electron chi connectivity index (χ2n) is 3.31. The molecular weight excluding hydrogens is 219 g/mol. The zero-order valence-electron chi connectivity index (χ0n) is 8.34. The third kappa shape index (κ3) is 3.50. The molecule has 0 spiro atoms. The molecule has 1 rings (SSSR count). The highest BCUT2D eigenvalue weighted by molar-refractivity contribution is 7.99. The summed E-state index contributed by atoms with van der Waals surface area (Å²) in [6.07, 6.45) is 0.863. The van der Waals surface area contributed by atoms with Crippen molar-refractivity contribution in [1.29, 1.82) is 0 Å². The minimum atomic E-state index is -0.832. The Morgan fingerprint density at radius 3 is 2.43 bits per heavy atom. The van der Waals surface area contributed by atoms with Crippen LogP contribution in [0.4, 0.5) is 4.39 Å². The normalized spacial score (nSPS) is 15.1. The average Bonchev–Trinajstić information content (AvgIpc) is 2.20. The van der Waals surface area contributed by atoms with Crippen molar-refractivity contribution in [3.05, 3.63) is 29.3 Å². The first kappa shape index (κ1) is 11.9. The summed E-state index contributed by atoms with van der Waals surface area (Å²) < 4.78 is 13.5. The van der Waals surface area contributed by atoms with Gasteiger partial charge in [0, 0.05) is 9.92 Å². The van der Waals surface area contributed by atoms with Crippen LogP contribution in [-0.4, -0.2) is 5.50 Å². The Morgan fingerprint density at radius 1 is 1.36 bits per heavy atom. The van der Waals surface area contributed by atoms with Gasteiger partial charge in [-0.3, -0.25) is 0 Å². The molecule has 2 atom stereocenters. The van der Waals surface area contributed by atoms with E-state index in [1.165, 1.54) is 11.8 Å². The topological polar surface area (TPSA) is 0 Å². The fraction of sp³-hybridized carbons (Fsp3) is 0.455. The molecule has 1 aromatic rings. The van der Waals surface area contributed by atoms with Crippen molar-refractivity contribution >= 4 is 23.4 Å². The third-order valence-electron chi connectivity index (χ3n) is 2.15. The summed E-state index contributed by atoms with van der Waals surface area (Å²) in [6.45, 7) is 3.92. The summed E-state index contributed by atoms with van der Waals surface area (Å²) in [5.74, 6) is 0.0932. The van der Waals surface area contributed by atoms with Crippen LogP contribution in [-0.2, 0) is 0 Å². The minimum absolute atomic E-state index is 0.0932. The predicted octanol–water partition coefficient (Wildman–Crippen LogP) is 4.77. The van der Waals surface area contributed by atoms with Gasteiger partial charge in [-0.1, -0.05) is 37.2 Å². The molecule has 1 aromatic carbocycles. The molecule has 0 fully saturated rings. The van der Waals surface area contributed by atoms with Crippen LogP contribution in [0.3, 0.4) is 0 Å². The lowest BCUT2D eigenvalue weighted by molar-refractivity contribution is 0.336. The van der Waals surface area contributed by atoms with Gasteiger partial charge in [0.25, 0.3) is 0 Å². The summed E-state index contributed by atoms with van der Waals surface area (Å²) in [6, 6.07) is 7.27. The number of benzene rings is 1. The molecule has 78 valence electrons. The Hall–Kier alpha value is -0.210. The summed E-state index contributed by atoms with van der Waals surface area (Å²) in [4.78, 5) is 0.933. The summed E-state index contributed by atoms with van der Waals surface area (Å²) in [5, 5.41) is 0.688. The molecule has 0 aromatic heterocycles. The van der Waals surface area contributed by atoms with Crippen LogP contribution in [0.1, 0.15) is 20.3 Å². The summed E-state index contributed by atoms with van der Waals surface area (Å²) >= 11 is 6.99. The monoisotopic (exact) mass is 232 g/mol. The second kappa shape index (κ2) is 5.62. The third-order valence-corrected chi connectivity index (χ3v) is 3.64. The van der Waals surface area contributed by atoms with Crippen LogP contribution in [0.25, 0.3) is 0 Å². The van der Waals surface area contributed by atoms with Crippen molar-refractivity contribution in [3.63, 3.8) is 0 Å². The largest absolute Gasteiger partial charge is 0.235 e. The first-order chi connectivity index (χ1) is 6.63. The van der Waals surface area contributed by atoms with Crippen molar-refractivity contribution in [2.24, 2.45) is 5.92 Å². The Morgan fingerprint density at radius 2 is 1.93 bits per heavy atom. The van der Waals surface area contributed by atoms with Gasteiger partial charge in [-0.2, -0.15) is 0 Å². The van der Waals surface area contributed by atoms with Crippen molar-refractivity contribution in [2.45, 2.75) is 30.7 Å². The first-order valence-corrected chi connectivity index (χ1v) is 5.95. The van der Waals surface area contributed by atoms with E-state index in [2.05, 4.69) is 0 Å². The van der Waals surface area contributed by atoms with Crippen molar-refractivity contribution in [3.8, 4) is 0 Å². The van der Waals surface area contributed by atoms with E-state index in [-0.39, 0.29) is 5.92 Å². The van der Waals surface area contributed by atoms with E-state index in [0.717, 1.165) is 11.3 Å². The maximum absolute atomic E-state index is 13.5. The van der Waals surface area contributed by atoms with Crippen LogP contribution in [0.15, 0.2) is 29.2 Å². The maximum atomic E-state index is 13.5. The van der Waals surface area contributed by atoms with Gasteiger partial charge < -0.3 is 0 Å². The molecule has 0 aliphatic rings. The highest BCUT2D eigenvalue weighted by atomic mass is 35.5. The molecule has 0 N–H and O–H groups in total. The van der Waals surface area contributed by atoms with Crippen LogP contribution in [0.2, 0.25) is 5.02 Å². The van der Waals surface area contributed by atoms with Gasteiger partial charge in [0.15, 0.2) is 5.50 Å². The Kier molecular flexibility index (Phi) is 4.76. The number of halogens is 2. The van der Waals surface area contributed by atoms with Gasteiger partial charge in [-0.25, -0.2) is 4.39 Å². The number of hydrogen-bond donors (Lipinski definition) is 0. The van der Waals surface area contributed by atoms with Gasteiger partial charge >= 0.3 is 0 Å². The van der Waals surface area contributed by atoms with Crippen molar-refractivity contribution in [2.75, 3.05) is 0 Å². The van der Waals surface area contributed by atoms with Gasteiger partial charge in [0.05, 0.1) is 0 Å². The molecule has 0 nitrogen and oxygen atoms in total. The zero-order valence-corrected chi connectivity index (χ0v) is 9.91. The molecular formula is C11H14ClFS. The molecule has 0 saturated carbocycles. The van der Waals surface area contributed by atoms with Gasteiger partial charge in [-0.05, 0) is 36.6 Å². The average molecular weight is 233 g/mol. The summed E-state index contributed by atoms with van der Waals surface area (Å²) in [7, 11) is 0. The van der Waals surface area contributed by atoms with E-state index < -0.39 is 5.50 Å². The molecule has 2 unspecified atom stereocenters. The Bertz CT molecular complexity index is 273. The van der Waals surface area contributed by atoms with Crippen LogP contribution < -0.4 is 0 Å². The molecule has 0 radical (unpaired) electrons. The molecule has 14 heavy (non-hydrogen) atoms. The SMILES string of the molecule is CCC(C)C(F)Sc1ccc(Cl)cc1. The number of rotatable bonds is 4. The maximum Gasteiger partial charge on any atom is 0.152 e. The molecule has 0 amide bonds. The van der Waals surface area contributed by atoms with Gasteiger partial charge in [0.1, 0.15) is 0 Å². The Labute approximate surface area is 93.8 Å². The molecule has 0 saturated heterocycles. The fourth-order valence-electron chi connectivity index (χ4n) is 0.945. The molecule has 0 heterocycles. The number of alkyl halides is 1. The van der Waals surface area contributed by atoms with Crippen LogP contribution >= 0.6 is 23.4 Å². The van der Waals surface area contributed by atoms with Crippen LogP contribution in [0, 0.1) is 5.92 Å². The Balaban J connectivity index is 2.56. The number of hydrogen-bond acceptors (Lipinski definition) is 1. The quantitative estimate of drug-likeness (QED) is 0.674. The van der Waals surface area contributed by atoms with E-state index in [1.807, 2.05) is 26.0 Å². The molecule has 0 bridgehead atoms.